The maximum atomic E-state index is 4.76. The van der Waals surface area contributed by atoms with E-state index in [0.29, 0.717) is 0 Å². The van der Waals surface area contributed by atoms with Gasteiger partial charge >= 0.3 is 0 Å². The molecule has 0 saturated carbocycles. The molecule has 22 heavy (non-hydrogen) atoms. The van der Waals surface area contributed by atoms with Gasteiger partial charge in [0, 0.05) is 36.6 Å². The van der Waals surface area contributed by atoms with Crippen LogP contribution in [0.2, 0.25) is 0 Å². The maximum absolute atomic E-state index is 4.76. The van der Waals surface area contributed by atoms with Crippen molar-refractivity contribution in [3.8, 4) is 11.1 Å². The summed E-state index contributed by atoms with van der Waals surface area (Å²) in [4.78, 5) is 12.9. The molecule has 3 rings (SSSR count). The van der Waals surface area contributed by atoms with Gasteiger partial charge in [-0.15, -0.1) is 11.3 Å². The SMILES string of the molecule is C/C=C(\C=NC)Nc1ccc2scc(-c3ccncc3)c2n1. The Morgan fingerprint density at radius 2 is 2.05 bits per heavy atom. The molecule has 0 aliphatic carbocycles. The zero-order valence-electron chi connectivity index (χ0n) is 12.4. The largest absolute Gasteiger partial charge is 0.339 e. The Morgan fingerprint density at radius 1 is 1.23 bits per heavy atom. The van der Waals surface area contributed by atoms with Gasteiger partial charge in [-0.2, -0.15) is 0 Å². The highest BCUT2D eigenvalue weighted by molar-refractivity contribution is 7.17. The molecule has 0 atom stereocenters. The number of hydrogen-bond donors (Lipinski definition) is 1. The van der Waals surface area contributed by atoms with Crippen molar-refractivity contribution in [2.75, 3.05) is 12.4 Å². The molecule has 4 nitrogen and oxygen atoms in total. The van der Waals surface area contributed by atoms with Crippen LogP contribution in [-0.2, 0) is 0 Å². The van der Waals surface area contributed by atoms with E-state index in [-0.39, 0.29) is 0 Å². The van der Waals surface area contributed by atoms with Crippen LogP contribution in [0.15, 0.2) is 58.8 Å². The van der Waals surface area contributed by atoms with Crippen molar-refractivity contribution in [2.24, 2.45) is 4.99 Å². The number of aliphatic imine (C=N–C) groups is 1. The summed E-state index contributed by atoms with van der Waals surface area (Å²) in [6, 6.07) is 8.09. The summed E-state index contributed by atoms with van der Waals surface area (Å²) in [5.74, 6) is 0.814. The van der Waals surface area contributed by atoms with E-state index in [9.17, 15) is 0 Å². The van der Waals surface area contributed by atoms with Crippen molar-refractivity contribution in [1.29, 1.82) is 0 Å². The monoisotopic (exact) mass is 308 g/mol. The lowest BCUT2D eigenvalue weighted by Crippen LogP contribution is -2.02. The number of rotatable bonds is 4. The maximum Gasteiger partial charge on any atom is 0.131 e. The molecular weight excluding hydrogens is 292 g/mol. The van der Waals surface area contributed by atoms with Crippen LogP contribution in [0.25, 0.3) is 21.3 Å². The normalized spacial score (nSPS) is 12.2. The van der Waals surface area contributed by atoms with E-state index in [2.05, 4.69) is 26.7 Å². The van der Waals surface area contributed by atoms with Crippen LogP contribution in [0, 0.1) is 0 Å². The van der Waals surface area contributed by atoms with Crippen LogP contribution in [0.4, 0.5) is 5.82 Å². The number of hydrogen-bond acceptors (Lipinski definition) is 5. The molecule has 0 radical (unpaired) electrons. The highest BCUT2D eigenvalue weighted by atomic mass is 32.1. The lowest BCUT2D eigenvalue weighted by molar-refractivity contribution is 1.33. The highest BCUT2D eigenvalue weighted by Gasteiger charge is 2.09. The van der Waals surface area contributed by atoms with Crippen LogP contribution in [0.3, 0.4) is 0 Å². The first-order valence-electron chi connectivity index (χ1n) is 6.96. The van der Waals surface area contributed by atoms with E-state index in [1.54, 1.807) is 37.0 Å². The smallest absolute Gasteiger partial charge is 0.131 e. The predicted octanol–water partition coefficient (Wildman–Crippen LogP) is 4.37. The molecule has 0 amide bonds. The van der Waals surface area contributed by atoms with Crippen molar-refractivity contribution in [3.63, 3.8) is 0 Å². The molecule has 0 fully saturated rings. The Bertz CT molecular complexity index is 834. The minimum Gasteiger partial charge on any atom is -0.339 e. The van der Waals surface area contributed by atoms with E-state index in [1.807, 2.05) is 31.2 Å². The Labute approximate surface area is 133 Å². The summed E-state index contributed by atoms with van der Waals surface area (Å²) in [6.07, 6.45) is 7.35. The molecular formula is C17H16N4S. The lowest BCUT2D eigenvalue weighted by atomic mass is 10.1. The second kappa shape index (κ2) is 6.49. The molecule has 0 unspecified atom stereocenters. The van der Waals surface area contributed by atoms with E-state index >= 15 is 0 Å². The lowest BCUT2D eigenvalue weighted by Gasteiger charge is -2.06. The van der Waals surface area contributed by atoms with Gasteiger partial charge in [-0.05, 0) is 36.8 Å². The molecule has 3 aromatic heterocycles. The number of anilines is 1. The average molecular weight is 308 g/mol. The van der Waals surface area contributed by atoms with Gasteiger partial charge in [0.2, 0.25) is 0 Å². The Hall–Kier alpha value is -2.53. The summed E-state index contributed by atoms with van der Waals surface area (Å²) >= 11 is 1.70. The zero-order valence-corrected chi connectivity index (χ0v) is 13.3. The van der Waals surface area contributed by atoms with Crippen molar-refractivity contribution >= 4 is 33.6 Å². The van der Waals surface area contributed by atoms with E-state index < -0.39 is 0 Å². The summed E-state index contributed by atoms with van der Waals surface area (Å²) in [6.45, 7) is 1.97. The van der Waals surface area contributed by atoms with Crippen LogP contribution >= 0.6 is 11.3 Å². The van der Waals surface area contributed by atoms with Crippen LogP contribution in [-0.4, -0.2) is 23.2 Å². The molecule has 0 aliphatic heterocycles. The van der Waals surface area contributed by atoms with Gasteiger partial charge in [0.25, 0.3) is 0 Å². The highest BCUT2D eigenvalue weighted by Crippen LogP contribution is 2.33. The Kier molecular flexibility index (Phi) is 4.25. The third kappa shape index (κ3) is 2.89. The fourth-order valence-electron chi connectivity index (χ4n) is 2.18. The molecule has 0 bridgehead atoms. The second-order valence-corrected chi connectivity index (χ2v) is 5.60. The van der Waals surface area contributed by atoms with Crippen molar-refractivity contribution < 1.29 is 0 Å². The third-order valence-corrected chi connectivity index (χ3v) is 4.20. The van der Waals surface area contributed by atoms with Crippen LogP contribution < -0.4 is 5.32 Å². The number of fused-ring (bicyclic) bond motifs is 1. The topological polar surface area (TPSA) is 50.2 Å². The minimum atomic E-state index is 0.814. The molecule has 0 saturated heterocycles. The molecule has 110 valence electrons. The fourth-order valence-corrected chi connectivity index (χ4v) is 3.09. The first-order valence-corrected chi connectivity index (χ1v) is 7.84. The quantitative estimate of drug-likeness (QED) is 0.728. The van der Waals surface area contributed by atoms with Crippen molar-refractivity contribution in [3.05, 3.63) is 53.8 Å². The van der Waals surface area contributed by atoms with Gasteiger partial charge in [0.05, 0.1) is 15.9 Å². The van der Waals surface area contributed by atoms with E-state index in [0.717, 1.165) is 28.2 Å². The summed E-state index contributed by atoms with van der Waals surface area (Å²) < 4.78 is 1.17. The van der Waals surface area contributed by atoms with Gasteiger partial charge in [-0.25, -0.2) is 4.98 Å². The number of nitrogens with zero attached hydrogens (tertiary/aromatic N) is 3. The van der Waals surface area contributed by atoms with Gasteiger partial charge in [-0.3, -0.25) is 9.98 Å². The molecule has 3 aromatic rings. The number of thiophene rings is 1. The number of aromatic nitrogens is 2. The molecule has 5 heteroatoms. The van der Waals surface area contributed by atoms with Crippen molar-refractivity contribution in [2.45, 2.75) is 6.92 Å². The van der Waals surface area contributed by atoms with E-state index in [4.69, 9.17) is 4.98 Å². The summed E-state index contributed by atoms with van der Waals surface area (Å²) in [5.41, 5.74) is 4.20. The fraction of sp³-hybridized carbons (Fsp3) is 0.118. The molecule has 3 heterocycles. The first kappa shape index (κ1) is 14.4. The second-order valence-electron chi connectivity index (χ2n) is 4.68. The molecule has 1 N–H and O–H groups in total. The summed E-state index contributed by atoms with van der Waals surface area (Å²) in [7, 11) is 1.75. The number of allylic oxidation sites excluding steroid dienone is 2. The predicted molar refractivity (Wildman–Crippen MR) is 94.6 cm³/mol. The standard InChI is InChI=1S/C17H16N4S/c1-3-13(10-18-2)20-16-5-4-15-17(21-16)14(11-22-15)12-6-8-19-9-7-12/h3-11H,1-2H3,(H,20,21)/b13-3+,18-10?. The van der Waals surface area contributed by atoms with E-state index in [1.165, 1.54) is 4.70 Å². The number of nitrogens with one attached hydrogen (secondary N) is 1. The third-order valence-electron chi connectivity index (χ3n) is 3.26. The minimum absolute atomic E-state index is 0.814. The van der Waals surface area contributed by atoms with Gasteiger partial charge < -0.3 is 5.32 Å². The molecule has 0 aromatic carbocycles. The van der Waals surface area contributed by atoms with Crippen molar-refractivity contribution in [1.82, 2.24) is 9.97 Å². The first-order chi connectivity index (χ1) is 10.8. The average Bonchev–Trinajstić information content (AvgIpc) is 2.98. The molecule has 0 spiro atoms. The molecule has 0 aliphatic rings. The Morgan fingerprint density at radius 3 is 2.77 bits per heavy atom. The van der Waals surface area contributed by atoms with Crippen LogP contribution in [0.5, 0.6) is 0 Å². The number of pyridine rings is 2. The van der Waals surface area contributed by atoms with Gasteiger partial charge in [0.15, 0.2) is 0 Å². The van der Waals surface area contributed by atoms with Crippen LogP contribution in [0.1, 0.15) is 6.92 Å². The zero-order chi connectivity index (χ0) is 15.4. The van der Waals surface area contributed by atoms with Gasteiger partial charge in [-0.1, -0.05) is 6.08 Å². The Balaban J connectivity index is 2.02. The van der Waals surface area contributed by atoms with Gasteiger partial charge in [0.1, 0.15) is 5.82 Å². The summed E-state index contributed by atoms with van der Waals surface area (Å²) in [5, 5.41) is 5.42.